The molecule has 0 saturated heterocycles. The molecule has 4 heterocycles. The van der Waals surface area contributed by atoms with Crippen molar-refractivity contribution in [2.75, 3.05) is 24.7 Å². The smallest absolute Gasteiger partial charge is 0.203 e. The van der Waals surface area contributed by atoms with Crippen LogP contribution in [0, 0.1) is 11.6 Å². The molecule has 0 aliphatic carbocycles. The van der Waals surface area contributed by atoms with Crippen molar-refractivity contribution in [3.8, 4) is 0 Å². The van der Waals surface area contributed by atoms with Gasteiger partial charge in [-0.3, -0.25) is 8.80 Å². The third-order valence-corrected chi connectivity index (χ3v) is 5.80. The van der Waals surface area contributed by atoms with Gasteiger partial charge in [0.25, 0.3) is 0 Å². The minimum Gasteiger partial charge on any atom is -0.370 e. The van der Waals surface area contributed by atoms with Crippen molar-refractivity contribution in [3.63, 3.8) is 0 Å². The lowest BCUT2D eigenvalue weighted by Gasteiger charge is -2.03. The van der Waals surface area contributed by atoms with Crippen LogP contribution in [0.1, 0.15) is 22.8 Å². The fourth-order valence-electron chi connectivity index (χ4n) is 3.96. The average Bonchev–Trinajstić information content (AvgIpc) is 3.54. The van der Waals surface area contributed by atoms with Gasteiger partial charge in [-0.2, -0.15) is 0 Å². The Balaban J connectivity index is 0.000000155. The molecule has 0 radical (unpaired) electrons. The number of benzene rings is 2. The Morgan fingerprint density at radius 3 is 1.74 bits per heavy atom. The van der Waals surface area contributed by atoms with Crippen molar-refractivity contribution < 1.29 is 8.78 Å². The molecule has 0 bridgehead atoms. The predicted molar refractivity (Wildman–Crippen MR) is 139 cm³/mol. The first-order chi connectivity index (χ1) is 18.6. The van der Waals surface area contributed by atoms with Crippen molar-refractivity contribution in [1.82, 2.24) is 39.2 Å². The Kier molecular flexibility index (Phi) is 7.11. The minimum absolute atomic E-state index is 0.239. The monoisotopic (exact) mass is 514 g/mol. The van der Waals surface area contributed by atoms with Crippen molar-refractivity contribution >= 4 is 22.9 Å². The van der Waals surface area contributed by atoms with E-state index in [1.807, 2.05) is 21.1 Å². The summed E-state index contributed by atoms with van der Waals surface area (Å²) >= 11 is 0. The minimum atomic E-state index is -0.246. The van der Waals surface area contributed by atoms with Crippen LogP contribution < -0.4 is 10.6 Å². The van der Waals surface area contributed by atoms with Crippen LogP contribution in [-0.4, -0.2) is 53.3 Å². The molecule has 0 amide bonds. The highest BCUT2D eigenvalue weighted by molar-refractivity contribution is 5.62. The normalized spacial score (nSPS) is 10.8. The molecule has 0 atom stereocenters. The molecular weight excluding hydrogens is 490 g/mol. The Morgan fingerprint density at radius 2 is 1.21 bits per heavy atom. The zero-order chi connectivity index (χ0) is 26.5. The van der Waals surface area contributed by atoms with Gasteiger partial charge in [0.2, 0.25) is 11.3 Å². The van der Waals surface area contributed by atoms with Crippen LogP contribution in [0.2, 0.25) is 0 Å². The van der Waals surface area contributed by atoms with E-state index in [1.165, 1.54) is 24.3 Å². The van der Waals surface area contributed by atoms with Crippen LogP contribution in [0.3, 0.4) is 0 Å². The number of anilines is 2. The van der Waals surface area contributed by atoms with Crippen LogP contribution in [0.25, 0.3) is 11.3 Å². The van der Waals surface area contributed by atoms with Gasteiger partial charge in [-0.25, -0.2) is 18.7 Å². The van der Waals surface area contributed by atoms with Gasteiger partial charge in [0.15, 0.2) is 11.6 Å². The summed E-state index contributed by atoms with van der Waals surface area (Å²) in [7, 11) is 3.57. The molecule has 12 heteroatoms. The van der Waals surface area contributed by atoms with Gasteiger partial charge in [0, 0.05) is 51.7 Å². The van der Waals surface area contributed by atoms with Gasteiger partial charge in [-0.1, -0.05) is 24.3 Å². The topological polar surface area (TPSA) is 110 Å². The van der Waals surface area contributed by atoms with Gasteiger partial charge in [0.05, 0.1) is 0 Å². The number of aromatic nitrogens is 8. The maximum atomic E-state index is 13.2. The highest BCUT2D eigenvalue weighted by Crippen LogP contribution is 2.16. The van der Waals surface area contributed by atoms with Crippen molar-refractivity contribution in [2.24, 2.45) is 0 Å². The van der Waals surface area contributed by atoms with E-state index in [9.17, 15) is 8.78 Å². The number of fused-ring (bicyclic) bond motifs is 2. The molecular formula is C26H24F2N10. The van der Waals surface area contributed by atoms with Gasteiger partial charge >= 0.3 is 0 Å². The Morgan fingerprint density at radius 1 is 0.658 bits per heavy atom. The van der Waals surface area contributed by atoms with Crippen molar-refractivity contribution in [1.29, 1.82) is 0 Å². The molecule has 0 spiro atoms. The fourth-order valence-corrected chi connectivity index (χ4v) is 3.96. The first-order valence-electron chi connectivity index (χ1n) is 11.8. The van der Waals surface area contributed by atoms with Gasteiger partial charge in [0.1, 0.15) is 23.3 Å². The molecule has 38 heavy (non-hydrogen) atoms. The highest BCUT2D eigenvalue weighted by Gasteiger charge is 2.11. The van der Waals surface area contributed by atoms with E-state index in [-0.39, 0.29) is 11.6 Å². The molecule has 10 nitrogen and oxygen atoms in total. The SMILES string of the molecule is CNc1nccn2c(Cc3ccc(F)cc3)nnc12.CNc1nccn2c(Cc3cccc(F)c3)nnc12. The van der Waals surface area contributed by atoms with Gasteiger partial charge in [-0.15, -0.1) is 20.4 Å². The molecule has 2 aromatic carbocycles. The lowest BCUT2D eigenvalue weighted by atomic mass is 10.1. The van der Waals surface area contributed by atoms with Crippen LogP contribution in [0.5, 0.6) is 0 Å². The summed E-state index contributed by atoms with van der Waals surface area (Å²) in [6.07, 6.45) is 8.09. The third-order valence-electron chi connectivity index (χ3n) is 5.80. The summed E-state index contributed by atoms with van der Waals surface area (Å²) in [6.45, 7) is 0. The van der Waals surface area contributed by atoms with Crippen molar-refractivity contribution in [2.45, 2.75) is 12.8 Å². The van der Waals surface area contributed by atoms with E-state index in [0.29, 0.717) is 35.8 Å². The van der Waals surface area contributed by atoms with Crippen LogP contribution in [0.4, 0.5) is 20.4 Å². The summed E-state index contributed by atoms with van der Waals surface area (Å²) in [5.74, 6) is 2.40. The molecule has 2 N–H and O–H groups in total. The second kappa shape index (κ2) is 10.9. The maximum Gasteiger partial charge on any atom is 0.203 e. The van der Waals surface area contributed by atoms with E-state index < -0.39 is 0 Å². The van der Waals surface area contributed by atoms with E-state index in [1.54, 1.807) is 50.9 Å². The summed E-state index contributed by atoms with van der Waals surface area (Å²) < 4.78 is 29.8. The fraction of sp³-hybridized carbons (Fsp3) is 0.154. The van der Waals surface area contributed by atoms with E-state index in [0.717, 1.165) is 22.8 Å². The molecule has 0 fully saturated rings. The lowest BCUT2D eigenvalue weighted by molar-refractivity contribution is 0.625. The Hall–Kier alpha value is -5.00. The molecule has 0 saturated carbocycles. The standard InChI is InChI=1S/2C13H12FN5/c1-15-12-13-18-17-11(19(13)7-6-16-12)8-9-2-4-10(14)5-3-9;1-15-12-13-18-17-11(19(13)6-5-16-12)8-9-3-2-4-10(14)7-9/h2*2-7H,8H2,1H3,(H,15,16). The predicted octanol–water partition coefficient (Wildman–Crippen LogP) is 3.79. The number of nitrogens with one attached hydrogen (secondary N) is 2. The number of hydrogen-bond donors (Lipinski definition) is 2. The molecule has 0 aliphatic heterocycles. The second-order valence-corrected chi connectivity index (χ2v) is 8.28. The maximum absolute atomic E-state index is 13.2. The van der Waals surface area contributed by atoms with Crippen molar-refractivity contribution in [3.05, 3.63) is 108 Å². The zero-order valence-electron chi connectivity index (χ0n) is 20.7. The second-order valence-electron chi connectivity index (χ2n) is 8.28. The molecule has 0 aliphatic rings. The summed E-state index contributed by atoms with van der Waals surface area (Å²) in [4.78, 5) is 8.34. The van der Waals surface area contributed by atoms with E-state index in [4.69, 9.17) is 0 Å². The van der Waals surface area contributed by atoms with Gasteiger partial charge in [-0.05, 0) is 35.4 Å². The van der Waals surface area contributed by atoms with E-state index in [2.05, 4.69) is 41.0 Å². The molecule has 6 aromatic rings. The van der Waals surface area contributed by atoms with E-state index >= 15 is 0 Å². The molecule has 6 rings (SSSR count). The zero-order valence-corrected chi connectivity index (χ0v) is 20.7. The quantitative estimate of drug-likeness (QED) is 0.346. The van der Waals surface area contributed by atoms with Gasteiger partial charge < -0.3 is 10.6 Å². The number of rotatable bonds is 6. The average molecular weight is 515 g/mol. The first-order valence-corrected chi connectivity index (χ1v) is 11.8. The Labute approximate surface area is 216 Å². The van der Waals surface area contributed by atoms with Crippen LogP contribution in [-0.2, 0) is 12.8 Å². The summed E-state index contributed by atoms with van der Waals surface area (Å²) in [6, 6.07) is 12.9. The summed E-state index contributed by atoms with van der Waals surface area (Å²) in [5, 5.41) is 22.5. The molecule has 0 unspecified atom stereocenters. The number of nitrogens with zero attached hydrogens (tertiary/aromatic N) is 8. The molecule has 192 valence electrons. The van der Waals surface area contributed by atoms with Crippen LogP contribution >= 0.6 is 0 Å². The molecule has 4 aromatic heterocycles. The third kappa shape index (κ3) is 5.24. The lowest BCUT2D eigenvalue weighted by Crippen LogP contribution is -2.00. The number of halogens is 2. The highest BCUT2D eigenvalue weighted by atomic mass is 19.1. The largest absolute Gasteiger partial charge is 0.370 e. The number of hydrogen-bond acceptors (Lipinski definition) is 8. The first kappa shape index (κ1) is 24.7. The van der Waals surface area contributed by atoms with Crippen LogP contribution in [0.15, 0.2) is 73.3 Å². The Bertz CT molecular complexity index is 1680. The summed E-state index contributed by atoms with van der Waals surface area (Å²) in [5.41, 5.74) is 3.19.